The zero-order chi connectivity index (χ0) is 9.68. The zero-order valence-corrected chi connectivity index (χ0v) is 8.55. The standard InChI is InChI=1S/C12H19N/c1-3-4-11-5-7-12(8-6-11)10(2)9-13/h11-12H,2-8H2,1H3. The molecular formula is C12H19N. The minimum absolute atomic E-state index is 0.498. The summed E-state index contributed by atoms with van der Waals surface area (Å²) in [7, 11) is 0. The molecule has 0 radical (unpaired) electrons. The first-order valence-corrected chi connectivity index (χ1v) is 5.36. The van der Waals surface area contributed by atoms with Gasteiger partial charge in [-0.15, -0.1) is 0 Å². The topological polar surface area (TPSA) is 23.8 Å². The molecule has 1 rings (SSSR count). The van der Waals surface area contributed by atoms with E-state index in [2.05, 4.69) is 19.6 Å². The third-order valence-corrected chi connectivity index (χ3v) is 3.18. The zero-order valence-electron chi connectivity index (χ0n) is 8.55. The van der Waals surface area contributed by atoms with Crippen molar-refractivity contribution in [1.82, 2.24) is 0 Å². The molecule has 0 saturated heterocycles. The summed E-state index contributed by atoms with van der Waals surface area (Å²) in [5.74, 6) is 1.42. The van der Waals surface area contributed by atoms with E-state index < -0.39 is 0 Å². The van der Waals surface area contributed by atoms with Gasteiger partial charge >= 0.3 is 0 Å². The average molecular weight is 177 g/mol. The summed E-state index contributed by atoms with van der Waals surface area (Å²) in [6, 6.07) is 2.19. The average Bonchev–Trinajstić information content (AvgIpc) is 2.18. The van der Waals surface area contributed by atoms with E-state index >= 15 is 0 Å². The number of hydrogen-bond donors (Lipinski definition) is 0. The lowest BCUT2D eigenvalue weighted by molar-refractivity contribution is 0.289. The summed E-state index contributed by atoms with van der Waals surface area (Å²) in [5, 5.41) is 8.71. The van der Waals surface area contributed by atoms with Gasteiger partial charge < -0.3 is 0 Å². The first-order valence-electron chi connectivity index (χ1n) is 5.36. The van der Waals surface area contributed by atoms with Crippen molar-refractivity contribution < 1.29 is 0 Å². The Morgan fingerprint density at radius 3 is 2.46 bits per heavy atom. The predicted molar refractivity (Wildman–Crippen MR) is 55.1 cm³/mol. The molecule has 0 heterocycles. The molecular weight excluding hydrogens is 158 g/mol. The molecule has 0 atom stereocenters. The molecule has 0 aliphatic heterocycles. The highest BCUT2D eigenvalue weighted by Crippen LogP contribution is 2.34. The van der Waals surface area contributed by atoms with Gasteiger partial charge in [-0.1, -0.05) is 26.3 Å². The van der Waals surface area contributed by atoms with Gasteiger partial charge in [0.1, 0.15) is 0 Å². The largest absolute Gasteiger partial charge is 0.193 e. The van der Waals surface area contributed by atoms with Crippen molar-refractivity contribution in [3.05, 3.63) is 12.2 Å². The number of nitrogens with zero attached hydrogens (tertiary/aromatic N) is 1. The Morgan fingerprint density at radius 2 is 2.00 bits per heavy atom. The predicted octanol–water partition coefficient (Wildman–Crippen LogP) is 3.67. The molecule has 0 aromatic heterocycles. The Labute approximate surface area is 81.5 Å². The van der Waals surface area contributed by atoms with E-state index in [1.165, 1.54) is 38.5 Å². The van der Waals surface area contributed by atoms with Crippen molar-refractivity contribution >= 4 is 0 Å². The van der Waals surface area contributed by atoms with Gasteiger partial charge in [0.05, 0.1) is 6.07 Å². The van der Waals surface area contributed by atoms with Crippen LogP contribution in [0.3, 0.4) is 0 Å². The molecule has 13 heavy (non-hydrogen) atoms. The molecule has 0 aromatic rings. The summed E-state index contributed by atoms with van der Waals surface area (Å²) < 4.78 is 0. The van der Waals surface area contributed by atoms with E-state index in [4.69, 9.17) is 5.26 Å². The second kappa shape index (κ2) is 5.07. The first-order chi connectivity index (χ1) is 6.27. The van der Waals surface area contributed by atoms with E-state index in [9.17, 15) is 0 Å². The van der Waals surface area contributed by atoms with Crippen LogP contribution in [0.4, 0.5) is 0 Å². The summed E-state index contributed by atoms with van der Waals surface area (Å²) in [5.41, 5.74) is 0.801. The number of hydrogen-bond acceptors (Lipinski definition) is 1. The monoisotopic (exact) mass is 177 g/mol. The minimum Gasteiger partial charge on any atom is -0.193 e. The van der Waals surface area contributed by atoms with Gasteiger partial charge in [-0.25, -0.2) is 0 Å². The molecule has 0 bridgehead atoms. The van der Waals surface area contributed by atoms with Gasteiger partial charge in [0, 0.05) is 5.57 Å². The summed E-state index contributed by atoms with van der Waals surface area (Å²) in [6.45, 7) is 6.06. The third kappa shape index (κ3) is 2.88. The van der Waals surface area contributed by atoms with Crippen molar-refractivity contribution in [2.45, 2.75) is 45.4 Å². The maximum absolute atomic E-state index is 8.71. The SMILES string of the molecule is C=C(C#N)C1CCC(CCC)CC1. The molecule has 1 aliphatic carbocycles. The van der Waals surface area contributed by atoms with Crippen molar-refractivity contribution in [2.75, 3.05) is 0 Å². The lowest BCUT2D eigenvalue weighted by Gasteiger charge is -2.27. The summed E-state index contributed by atoms with van der Waals surface area (Å²) in [4.78, 5) is 0. The molecule has 0 unspecified atom stereocenters. The molecule has 1 fully saturated rings. The number of allylic oxidation sites excluding steroid dienone is 1. The Hall–Kier alpha value is -0.770. The van der Waals surface area contributed by atoms with E-state index in [1.54, 1.807) is 0 Å². The number of rotatable bonds is 3. The lowest BCUT2D eigenvalue weighted by Crippen LogP contribution is -2.15. The van der Waals surface area contributed by atoms with Crippen LogP contribution >= 0.6 is 0 Å². The fourth-order valence-corrected chi connectivity index (χ4v) is 2.30. The first kappa shape index (κ1) is 10.3. The summed E-state index contributed by atoms with van der Waals surface area (Å²) >= 11 is 0. The van der Waals surface area contributed by atoms with Crippen molar-refractivity contribution in [1.29, 1.82) is 5.26 Å². The second-order valence-corrected chi connectivity index (χ2v) is 4.14. The van der Waals surface area contributed by atoms with Crippen molar-refractivity contribution in [3.8, 4) is 6.07 Å². The van der Waals surface area contributed by atoms with Crippen LogP contribution in [0.25, 0.3) is 0 Å². The van der Waals surface area contributed by atoms with Gasteiger partial charge in [-0.2, -0.15) is 5.26 Å². The van der Waals surface area contributed by atoms with Crippen LogP contribution in [0.15, 0.2) is 12.2 Å². The Kier molecular flexibility index (Phi) is 4.02. The Morgan fingerprint density at radius 1 is 1.38 bits per heavy atom. The molecule has 72 valence electrons. The molecule has 0 spiro atoms. The van der Waals surface area contributed by atoms with Gasteiger partial charge in [0.15, 0.2) is 0 Å². The molecule has 1 aliphatic rings. The smallest absolute Gasteiger partial charge is 0.0943 e. The molecule has 1 heteroatoms. The normalized spacial score (nSPS) is 28.0. The second-order valence-electron chi connectivity index (χ2n) is 4.14. The minimum atomic E-state index is 0.498. The van der Waals surface area contributed by atoms with E-state index in [-0.39, 0.29) is 0 Å². The highest BCUT2D eigenvalue weighted by atomic mass is 14.3. The van der Waals surface area contributed by atoms with E-state index in [0.29, 0.717) is 5.92 Å². The quantitative estimate of drug-likeness (QED) is 0.603. The molecule has 0 amide bonds. The fourth-order valence-electron chi connectivity index (χ4n) is 2.30. The molecule has 0 N–H and O–H groups in total. The van der Waals surface area contributed by atoms with Crippen LogP contribution < -0.4 is 0 Å². The van der Waals surface area contributed by atoms with E-state index in [0.717, 1.165) is 11.5 Å². The third-order valence-electron chi connectivity index (χ3n) is 3.18. The maximum Gasteiger partial charge on any atom is 0.0943 e. The van der Waals surface area contributed by atoms with Crippen LogP contribution in [0.5, 0.6) is 0 Å². The lowest BCUT2D eigenvalue weighted by atomic mass is 9.77. The van der Waals surface area contributed by atoms with E-state index in [1.807, 2.05) is 0 Å². The van der Waals surface area contributed by atoms with Gasteiger partial charge in [0.25, 0.3) is 0 Å². The van der Waals surface area contributed by atoms with Gasteiger partial charge in [-0.3, -0.25) is 0 Å². The van der Waals surface area contributed by atoms with Gasteiger partial charge in [-0.05, 0) is 37.5 Å². The van der Waals surface area contributed by atoms with Crippen LogP contribution in [0.2, 0.25) is 0 Å². The summed E-state index contributed by atoms with van der Waals surface area (Å²) in [6.07, 6.45) is 7.66. The van der Waals surface area contributed by atoms with Crippen molar-refractivity contribution in [2.24, 2.45) is 11.8 Å². The van der Waals surface area contributed by atoms with Crippen LogP contribution in [0, 0.1) is 23.2 Å². The highest BCUT2D eigenvalue weighted by Gasteiger charge is 2.22. The van der Waals surface area contributed by atoms with Crippen molar-refractivity contribution in [3.63, 3.8) is 0 Å². The van der Waals surface area contributed by atoms with Gasteiger partial charge in [0.2, 0.25) is 0 Å². The highest BCUT2D eigenvalue weighted by molar-refractivity contribution is 5.19. The Balaban J connectivity index is 2.31. The number of nitriles is 1. The van der Waals surface area contributed by atoms with Crippen LogP contribution in [-0.4, -0.2) is 0 Å². The molecule has 1 nitrogen and oxygen atoms in total. The molecule has 1 saturated carbocycles. The van der Waals surface area contributed by atoms with Crippen LogP contribution in [-0.2, 0) is 0 Å². The maximum atomic E-state index is 8.71. The fraction of sp³-hybridized carbons (Fsp3) is 0.750. The Bertz CT molecular complexity index is 204. The van der Waals surface area contributed by atoms with Crippen LogP contribution in [0.1, 0.15) is 45.4 Å². The molecule has 0 aromatic carbocycles.